The van der Waals surface area contributed by atoms with E-state index in [1.165, 1.54) is 12.3 Å². The van der Waals surface area contributed by atoms with E-state index in [0.717, 1.165) is 37.6 Å². The molecule has 1 N–H and O–H groups in total. The molecule has 7 nitrogen and oxygen atoms in total. The fourth-order valence-corrected chi connectivity index (χ4v) is 3.23. The summed E-state index contributed by atoms with van der Waals surface area (Å²) in [5.74, 6) is 1.52. The number of piperazine rings is 1. The highest BCUT2D eigenvalue weighted by atomic mass is 19.1. The molecule has 1 saturated heterocycles. The van der Waals surface area contributed by atoms with Gasteiger partial charge in [-0.2, -0.15) is 10.1 Å². The second kappa shape index (κ2) is 8.08. The fraction of sp³-hybridized carbons (Fsp3) is 0.250. The highest BCUT2D eigenvalue weighted by Gasteiger charge is 2.21. The monoisotopic (exact) mass is 380 g/mol. The predicted molar refractivity (Wildman–Crippen MR) is 107 cm³/mol. The lowest BCUT2D eigenvalue weighted by atomic mass is 10.2. The van der Waals surface area contributed by atoms with Crippen molar-refractivity contribution in [2.45, 2.75) is 0 Å². The lowest BCUT2D eigenvalue weighted by Crippen LogP contribution is -2.47. The number of para-hydroxylation sites is 3. The molecule has 0 aliphatic carbocycles. The van der Waals surface area contributed by atoms with Crippen molar-refractivity contribution in [1.82, 2.24) is 15.2 Å². The molecule has 0 atom stereocenters. The largest absolute Gasteiger partial charge is 0.495 e. The minimum Gasteiger partial charge on any atom is -0.495 e. The molecular weight excluding hydrogens is 359 g/mol. The summed E-state index contributed by atoms with van der Waals surface area (Å²) in [6.45, 7) is 3.13. The van der Waals surface area contributed by atoms with Crippen molar-refractivity contribution in [3.63, 3.8) is 0 Å². The molecule has 28 heavy (non-hydrogen) atoms. The van der Waals surface area contributed by atoms with Gasteiger partial charge in [-0.1, -0.05) is 24.3 Å². The Bertz CT molecular complexity index is 945. The van der Waals surface area contributed by atoms with Crippen molar-refractivity contribution in [1.29, 1.82) is 0 Å². The summed E-state index contributed by atoms with van der Waals surface area (Å²) in [5.41, 5.74) is 1.44. The molecule has 0 radical (unpaired) electrons. The van der Waals surface area contributed by atoms with Crippen LogP contribution in [-0.4, -0.2) is 48.5 Å². The summed E-state index contributed by atoms with van der Waals surface area (Å²) in [4.78, 5) is 8.85. The Hall–Kier alpha value is -3.42. The number of ether oxygens (including phenoxy) is 1. The Balaban J connectivity index is 1.44. The van der Waals surface area contributed by atoms with Gasteiger partial charge >= 0.3 is 0 Å². The van der Waals surface area contributed by atoms with Crippen LogP contribution in [0.25, 0.3) is 0 Å². The predicted octanol–water partition coefficient (Wildman–Crippen LogP) is 3.09. The van der Waals surface area contributed by atoms with Gasteiger partial charge in [-0.25, -0.2) is 4.39 Å². The Morgan fingerprint density at radius 1 is 0.964 bits per heavy atom. The fourth-order valence-electron chi connectivity index (χ4n) is 3.23. The lowest BCUT2D eigenvalue weighted by Gasteiger charge is -2.36. The first kappa shape index (κ1) is 18.0. The first-order chi connectivity index (χ1) is 13.7. The number of benzene rings is 2. The molecule has 1 aliphatic heterocycles. The molecule has 4 rings (SSSR count). The van der Waals surface area contributed by atoms with E-state index in [-0.39, 0.29) is 5.82 Å². The Labute approximate surface area is 162 Å². The maximum atomic E-state index is 13.8. The van der Waals surface area contributed by atoms with Crippen LogP contribution < -0.4 is 19.9 Å². The molecule has 144 valence electrons. The zero-order valence-corrected chi connectivity index (χ0v) is 15.5. The first-order valence-corrected chi connectivity index (χ1v) is 9.09. The van der Waals surface area contributed by atoms with Crippen LogP contribution in [-0.2, 0) is 0 Å². The molecule has 0 bridgehead atoms. The number of hydrogen-bond donors (Lipinski definition) is 1. The molecule has 1 aromatic heterocycles. The van der Waals surface area contributed by atoms with Gasteiger partial charge in [0, 0.05) is 26.2 Å². The summed E-state index contributed by atoms with van der Waals surface area (Å²) in [5, 5.41) is 11.1. The molecule has 1 fully saturated rings. The number of anilines is 4. The third-order valence-electron chi connectivity index (χ3n) is 4.67. The van der Waals surface area contributed by atoms with Crippen molar-refractivity contribution in [2.24, 2.45) is 0 Å². The summed E-state index contributed by atoms with van der Waals surface area (Å²) >= 11 is 0. The van der Waals surface area contributed by atoms with Gasteiger partial charge in [0.2, 0.25) is 5.95 Å². The SMILES string of the molecule is COc1ccccc1N1CCN(c2nncc(Nc3ccccc3F)n2)CC1. The summed E-state index contributed by atoms with van der Waals surface area (Å²) in [6, 6.07) is 14.5. The average molecular weight is 380 g/mol. The summed E-state index contributed by atoms with van der Waals surface area (Å²) in [7, 11) is 1.68. The number of aromatic nitrogens is 3. The van der Waals surface area contributed by atoms with E-state index in [0.29, 0.717) is 17.5 Å². The van der Waals surface area contributed by atoms with Crippen molar-refractivity contribution in [2.75, 3.05) is 48.4 Å². The van der Waals surface area contributed by atoms with Crippen LogP contribution >= 0.6 is 0 Å². The third kappa shape index (κ3) is 3.80. The van der Waals surface area contributed by atoms with Crippen molar-refractivity contribution in [3.8, 4) is 5.75 Å². The maximum absolute atomic E-state index is 13.8. The van der Waals surface area contributed by atoms with Crippen molar-refractivity contribution < 1.29 is 9.13 Å². The molecule has 0 amide bonds. The maximum Gasteiger partial charge on any atom is 0.247 e. The van der Waals surface area contributed by atoms with E-state index >= 15 is 0 Å². The Kier molecular flexibility index (Phi) is 5.18. The second-order valence-electron chi connectivity index (χ2n) is 6.39. The molecule has 3 aromatic rings. The minimum absolute atomic E-state index is 0.340. The Morgan fingerprint density at radius 3 is 2.46 bits per heavy atom. The van der Waals surface area contributed by atoms with Gasteiger partial charge < -0.3 is 19.9 Å². The average Bonchev–Trinajstić information content (AvgIpc) is 2.76. The Morgan fingerprint density at radius 2 is 1.68 bits per heavy atom. The van der Waals surface area contributed by atoms with E-state index in [2.05, 4.69) is 36.4 Å². The molecule has 0 spiro atoms. The van der Waals surface area contributed by atoms with Crippen LogP contribution in [0.3, 0.4) is 0 Å². The van der Waals surface area contributed by atoms with Crippen LogP contribution in [0.15, 0.2) is 54.7 Å². The van der Waals surface area contributed by atoms with E-state index in [4.69, 9.17) is 4.74 Å². The third-order valence-corrected chi connectivity index (χ3v) is 4.67. The number of nitrogens with one attached hydrogen (secondary N) is 1. The van der Waals surface area contributed by atoms with E-state index in [9.17, 15) is 4.39 Å². The highest BCUT2D eigenvalue weighted by molar-refractivity contribution is 5.60. The minimum atomic E-state index is -0.340. The van der Waals surface area contributed by atoms with Gasteiger partial charge in [-0.05, 0) is 24.3 Å². The molecule has 2 aromatic carbocycles. The van der Waals surface area contributed by atoms with Gasteiger partial charge in [-0.3, -0.25) is 0 Å². The van der Waals surface area contributed by atoms with Crippen molar-refractivity contribution >= 4 is 23.1 Å². The van der Waals surface area contributed by atoms with Crippen LogP contribution in [0.1, 0.15) is 0 Å². The van der Waals surface area contributed by atoms with Crippen LogP contribution in [0.4, 0.5) is 27.5 Å². The van der Waals surface area contributed by atoms with Crippen LogP contribution in [0.5, 0.6) is 5.75 Å². The first-order valence-electron chi connectivity index (χ1n) is 9.09. The second-order valence-corrected chi connectivity index (χ2v) is 6.39. The standard InChI is InChI=1S/C20H21FN6O/c1-28-18-9-5-4-8-17(18)26-10-12-27(13-11-26)20-24-19(14-22-25-20)23-16-7-3-2-6-15(16)21/h2-9,14H,10-13H2,1H3,(H,23,24,25). The van der Waals surface area contributed by atoms with Crippen LogP contribution in [0, 0.1) is 5.82 Å². The topological polar surface area (TPSA) is 66.4 Å². The van der Waals surface area contributed by atoms with Crippen LogP contribution in [0.2, 0.25) is 0 Å². The number of rotatable bonds is 5. The molecule has 0 saturated carbocycles. The molecule has 2 heterocycles. The van der Waals surface area contributed by atoms with Gasteiger partial charge in [0.05, 0.1) is 24.7 Å². The van der Waals surface area contributed by atoms with E-state index < -0.39 is 0 Å². The summed E-state index contributed by atoms with van der Waals surface area (Å²) < 4.78 is 19.3. The molecular formula is C20H21FN6O. The molecule has 1 aliphatic rings. The molecule has 0 unspecified atom stereocenters. The zero-order valence-electron chi connectivity index (χ0n) is 15.5. The number of nitrogens with zero attached hydrogens (tertiary/aromatic N) is 5. The van der Waals surface area contributed by atoms with E-state index in [1.54, 1.807) is 25.3 Å². The van der Waals surface area contributed by atoms with Gasteiger partial charge in [0.25, 0.3) is 0 Å². The normalized spacial score (nSPS) is 14.1. The number of hydrogen-bond acceptors (Lipinski definition) is 7. The van der Waals surface area contributed by atoms with Crippen molar-refractivity contribution in [3.05, 3.63) is 60.5 Å². The smallest absolute Gasteiger partial charge is 0.247 e. The zero-order chi connectivity index (χ0) is 19.3. The lowest BCUT2D eigenvalue weighted by molar-refractivity contribution is 0.413. The molecule has 8 heteroatoms. The number of halogens is 1. The van der Waals surface area contributed by atoms with Gasteiger partial charge in [0.15, 0.2) is 5.82 Å². The van der Waals surface area contributed by atoms with E-state index in [1.807, 2.05) is 18.2 Å². The van der Waals surface area contributed by atoms with Gasteiger partial charge in [0.1, 0.15) is 11.6 Å². The van der Waals surface area contributed by atoms with Gasteiger partial charge in [-0.15, -0.1) is 5.10 Å². The number of methoxy groups -OCH3 is 1. The quantitative estimate of drug-likeness (QED) is 0.730. The summed E-state index contributed by atoms with van der Waals surface area (Å²) in [6.07, 6.45) is 1.49. The highest BCUT2D eigenvalue weighted by Crippen LogP contribution is 2.29.